The Morgan fingerprint density at radius 1 is 1.04 bits per heavy atom. The van der Waals surface area contributed by atoms with Crippen LogP contribution in [-0.4, -0.2) is 56.0 Å². The maximum atomic E-state index is 13.1. The van der Waals surface area contributed by atoms with Gasteiger partial charge in [-0.15, -0.1) is 0 Å². The highest BCUT2D eigenvalue weighted by Crippen LogP contribution is 2.33. The molecule has 0 radical (unpaired) electrons. The highest BCUT2D eigenvalue weighted by molar-refractivity contribution is 7.89. The van der Waals surface area contributed by atoms with Gasteiger partial charge >= 0.3 is 0 Å². The highest BCUT2D eigenvalue weighted by Gasteiger charge is 2.45. The van der Waals surface area contributed by atoms with Gasteiger partial charge < -0.3 is 4.74 Å². The van der Waals surface area contributed by atoms with Crippen LogP contribution in [0.2, 0.25) is 0 Å². The van der Waals surface area contributed by atoms with Gasteiger partial charge in [0.2, 0.25) is 10.0 Å². The van der Waals surface area contributed by atoms with E-state index in [0.29, 0.717) is 24.6 Å². The van der Waals surface area contributed by atoms with E-state index in [1.807, 2.05) is 37.3 Å². The predicted octanol–water partition coefficient (Wildman–Crippen LogP) is 2.83. The Hall–Kier alpha value is -1.73. The molecule has 0 amide bonds. The van der Waals surface area contributed by atoms with Gasteiger partial charge in [-0.1, -0.05) is 48.0 Å². The van der Waals surface area contributed by atoms with E-state index in [9.17, 15) is 8.42 Å². The minimum atomic E-state index is -3.50. The molecule has 2 aromatic rings. The van der Waals surface area contributed by atoms with Crippen molar-refractivity contribution in [1.29, 1.82) is 0 Å². The number of aryl methyl sites for hydroxylation is 1. The average Bonchev–Trinajstić information content (AvgIpc) is 3.14. The molecule has 2 aliphatic rings. The summed E-state index contributed by atoms with van der Waals surface area (Å²) < 4.78 is 33.7. The van der Waals surface area contributed by atoms with Crippen molar-refractivity contribution in [1.82, 2.24) is 9.21 Å². The normalized spacial score (nSPS) is 25.3. The van der Waals surface area contributed by atoms with Gasteiger partial charge in [0.25, 0.3) is 0 Å². The third-order valence-corrected chi connectivity index (χ3v) is 7.59. The molecule has 144 valence electrons. The first-order valence-corrected chi connectivity index (χ1v) is 10.9. The lowest BCUT2D eigenvalue weighted by Gasteiger charge is -2.40. The summed E-state index contributed by atoms with van der Waals surface area (Å²) in [6, 6.07) is 17.7. The van der Waals surface area contributed by atoms with Crippen LogP contribution >= 0.6 is 0 Å². The molecule has 0 unspecified atom stereocenters. The van der Waals surface area contributed by atoms with Crippen molar-refractivity contribution in [3.05, 3.63) is 65.7 Å². The molecule has 2 fully saturated rings. The van der Waals surface area contributed by atoms with Crippen LogP contribution in [0.15, 0.2) is 59.5 Å². The summed E-state index contributed by atoms with van der Waals surface area (Å²) >= 11 is 0. The standard InChI is InChI=1S/C21H26N2O3S/c1-16-8-10-19(11-9-16)27(24,25)22-14-20-21(15-22)26-13-12-23(20)17(2)18-6-4-3-5-7-18/h3-11,17,20-21H,12-15H2,1-2H3/t17-,20+,21+/m1/s1. The van der Waals surface area contributed by atoms with Crippen molar-refractivity contribution in [2.75, 3.05) is 26.2 Å². The minimum Gasteiger partial charge on any atom is -0.374 e. The fraction of sp³-hybridized carbons (Fsp3) is 0.429. The molecular weight excluding hydrogens is 360 g/mol. The molecule has 0 aliphatic carbocycles. The molecule has 0 saturated carbocycles. The fourth-order valence-electron chi connectivity index (χ4n) is 4.14. The lowest BCUT2D eigenvalue weighted by Crippen LogP contribution is -2.51. The SMILES string of the molecule is Cc1ccc(S(=O)(=O)N2C[C@@H]3OCCN([C@H](C)c4ccccc4)[C@H]3C2)cc1. The molecule has 0 spiro atoms. The van der Waals surface area contributed by atoms with Crippen molar-refractivity contribution in [2.45, 2.75) is 36.9 Å². The molecule has 5 nitrogen and oxygen atoms in total. The molecule has 0 aromatic heterocycles. The first-order valence-electron chi connectivity index (χ1n) is 9.46. The lowest BCUT2D eigenvalue weighted by atomic mass is 10.0. The van der Waals surface area contributed by atoms with Crippen LogP contribution in [0.4, 0.5) is 0 Å². The number of hydrogen-bond acceptors (Lipinski definition) is 4. The van der Waals surface area contributed by atoms with Crippen molar-refractivity contribution < 1.29 is 13.2 Å². The number of sulfonamides is 1. The van der Waals surface area contributed by atoms with Gasteiger partial charge in [0.15, 0.2) is 0 Å². The molecule has 27 heavy (non-hydrogen) atoms. The van der Waals surface area contributed by atoms with Crippen LogP contribution in [0.1, 0.15) is 24.1 Å². The summed E-state index contributed by atoms with van der Waals surface area (Å²) in [5, 5.41) is 0. The van der Waals surface area contributed by atoms with Crippen molar-refractivity contribution in [2.24, 2.45) is 0 Å². The number of hydrogen-bond donors (Lipinski definition) is 0. The topological polar surface area (TPSA) is 49.9 Å². The van der Waals surface area contributed by atoms with E-state index in [0.717, 1.165) is 12.1 Å². The summed E-state index contributed by atoms with van der Waals surface area (Å²) in [5.74, 6) is 0. The molecule has 2 aliphatic heterocycles. The molecule has 0 bridgehead atoms. The minimum absolute atomic E-state index is 0.0779. The van der Waals surface area contributed by atoms with Crippen LogP contribution in [0, 0.1) is 6.92 Å². The molecular formula is C21H26N2O3S. The van der Waals surface area contributed by atoms with E-state index >= 15 is 0 Å². The van der Waals surface area contributed by atoms with Gasteiger partial charge in [-0.3, -0.25) is 4.90 Å². The molecule has 2 saturated heterocycles. The zero-order chi connectivity index (χ0) is 19.0. The van der Waals surface area contributed by atoms with E-state index in [1.165, 1.54) is 5.56 Å². The smallest absolute Gasteiger partial charge is 0.243 e. The molecule has 6 heteroatoms. The average molecular weight is 387 g/mol. The van der Waals surface area contributed by atoms with Gasteiger partial charge in [-0.05, 0) is 31.5 Å². The van der Waals surface area contributed by atoms with Crippen molar-refractivity contribution in [3.8, 4) is 0 Å². The van der Waals surface area contributed by atoms with Crippen LogP contribution in [0.5, 0.6) is 0 Å². The van der Waals surface area contributed by atoms with Gasteiger partial charge in [-0.25, -0.2) is 8.42 Å². The second-order valence-corrected chi connectivity index (χ2v) is 9.37. The number of fused-ring (bicyclic) bond motifs is 1. The summed E-state index contributed by atoms with van der Waals surface area (Å²) in [5.41, 5.74) is 2.30. The van der Waals surface area contributed by atoms with Crippen LogP contribution in [0.25, 0.3) is 0 Å². The van der Waals surface area contributed by atoms with E-state index in [4.69, 9.17) is 4.74 Å². The number of ether oxygens (including phenoxy) is 1. The number of nitrogens with zero attached hydrogens (tertiary/aromatic N) is 2. The Kier molecular flexibility index (Phi) is 5.07. The van der Waals surface area contributed by atoms with E-state index in [1.54, 1.807) is 16.4 Å². The van der Waals surface area contributed by atoms with Gasteiger partial charge in [-0.2, -0.15) is 4.31 Å². The Morgan fingerprint density at radius 2 is 1.74 bits per heavy atom. The number of benzene rings is 2. The Bertz CT molecular complexity index is 883. The Balaban J connectivity index is 1.56. The quantitative estimate of drug-likeness (QED) is 0.811. The summed E-state index contributed by atoms with van der Waals surface area (Å²) in [6.45, 7) is 6.48. The van der Waals surface area contributed by atoms with Crippen molar-refractivity contribution in [3.63, 3.8) is 0 Å². The van der Waals surface area contributed by atoms with Crippen molar-refractivity contribution >= 4 is 10.0 Å². The zero-order valence-electron chi connectivity index (χ0n) is 15.8. The van der Waals surface area contributed by atoms with E-state index in [2.05, 4.69) is 24.0 Å². The third kappa shape index (κ3) is 3.55. The van der Waals surface area contributed by atoms with Crippen LogP contribution in [0.3, 0.4) is 0 Å². The largest absolute Gasteiger partial charge is 0.374 e. The maximum absolute atomic E-state index is 13.1. The zero-order valence-corrected chi connectivity index (χ0v) is 16.6. The summed E-state index contributed by atoms with van der Waals surface area (Å²) in [4.78, 5) is 2.75. The lowest BCUT2D eigenvalue weighted by molar-refractivity contribution is -0.0614. The molecule has 3 atom stereocenters. The van der Waals surface area contributed by atoms with Crippen LogP contribution in [-0.2, 0) is 14.8 Å². The number of morpholine rings is 1. The van der Waals surface area contributed by atoms with E-state index < -0.39 is 10.0 Å². The second kappa shape index (κ2) is 7.36. The van der Waals surface area contributed by atoms with Gasteiger partial charge in [0.1, 0.15) is 0 Å². The first-order chi connectivity index (χ1) is 13.0. The Morgan fingerprint density at radius 3 is 2.44 bits per heavy atom. The second-order valence-electron chi connectivity index (χ2n) is 7.44. The fourth-order valence-corrected chi connectivity index (χ4v) is 5.61. The molecule has 4 rings (SSSR count). The molecule has 0 N–H and O–H groups in total. The summed E-state index contributed by atoms with van der Waals surface area (Å²) in [7, 11) is -3.50. The third-order valence-electron chi connectivity index (χ3n) is 5.75. The highest BCUT2D eigenvalue weighted by atomic mass is 32.2. The first kappa shape index (κ1) is 18.6. The van der Waals surface area contributed by atoms with Gasteiger partial charge in [0.05, 0.1) is 23.6 Å². The van der Waals surface area contributed by atoms with E-state index in [-0.39, 0.29) is 18.2 Å². The van der Waals surface area contributed by atoms with Gasteiger partial charge in [0, 0.05) is 25.7 Å². The molecule has 2 aromatic carbocycles. The molecule has 2 heterocycles. The maximum Gasteiger partial charge on any atom is 0.243 e. The monoisotopic (exact) mass is 386 g/mol. The predicted molar refractivity (Wildman–Crippen MR) is 105 cm³/mol. The Labute approximate surface area is 161 Å². The summed E-state index contributed by atoms with van der Waals surface area (Å²) in [6.07, 6.45) is -0.0786. The van der Waals surface area contributed by atoms with Crippen LogP contribution < -0.4 is 0 Å². The number of rotatable bonds is 4.